The Hall–Kier alpha value is -1.28. The summed E-state index contributed by atoms with van der Waals surface area (Å²) in [7, 11) is 2.08. The predicted octanol–water partition coefficient (Wildman–Crippen LogP) is 4.91. The summed E-state index contributed by atoms with van der Waals surface area (Å²) in [6, 6.07) is 8.80. The van der Waals surface area contributed by atoms with Crippen LogP contribution < -0.4 is 5.32 Å². The van der Waals surface area contributed by atoms with Gasteiger partial charge in [0.15, 0.2) is 0 Å². The summed E-state index contributed by atoms with van der Waals surface area (Å²) in [6.07, 6.45) is 8.74. The van der Waals surface area contributed by atoms with E-state index in [9.17, 15) is 0 Å². The normalized spacial score (nSPS) is 24.9. The van der Waals surface area contributed by atoms with Crippen LogP contribution in [0.5, 0.6) is 0 Å². The summed E-state index contributed by atoms with van der Waals surface area (Å²) >= 11 is 0. The van der Waals surface area contributed by atoms with Crippen LogP contribution in [-0.4, -0.2) is 7.05 Å². The maximum absolute atomic E-state index is 5.72. The van der Waals surface area contributed by atoms with Gasteiger partial charge in [0, 0.05) is 17.0 Å². The number of benzene rings is 1. The average molecular weight is 271 g/mol. The smallest absolute Gasteiger partial charge is 0.134 e. The monoisotopic (exact) mass is 271 g/mol. The number of furan rings is 1. The van der Waals surface area contributed by atoms with Crippen molar-refractivity contribution in [3.63, 3.8) is 0 Å². The number of rotatable bonds is 4. The summed E-state index contributed by atoms with van der Waals surface area (Å²) in [5.74, 6) is 1.69. The van der Waals surface area contributed by atoms with Gasteiger partial charge in [0.1, 0.15) is 5.58 Å². The Balaban J connectivity index is 1.83. The Labute approximate surface area is 121 Å². The molecule has 1 aromatic carbocycles. The van der Waals surface area contributed by atoms with E-state index in [1.54, 1.807) is 0 Å². The van der Waals surface area contributed by atoms with Crippen molar-refractivity contribution in [2.45, 2.75) is 45.1 Å². The molecule has 1 N–H and O–H groups in total. The third-order valence-electron chi connectivity index (χ3n) is 5.10. The van der Waals surface area contributed by atoms with Gasteiger partial charge in [-0.25, -0.2) is 0 Å². The summed E-state index contributed by atoms with van der Waals surface area (Å²) in [5, 5.41) is 4.81. The second kappa shape index (κ2) is 6.01. The molecule has 0 spiro atoms. The highest BCUT2D eigenvalue weighted by Gasteiger charge is 2.28. The molecule has 20 heavy (non-hydrogen) atoms. The Bertz CT molecular complexity index is 551. The second-order valence-corrected chi connectivity index (χ2v) is 6.14. The topological polar surface area (TPSA) is 25.2 Å². The molecule has 2 aromatic rings. The lowest BCUT2D eigenvalue weighted by Gasteiger charge is -2.33. The highest BCUT2D eigenvalue weighted by atomic mass is 16.3. The highest BCUT2D eigenvalue weighted by molar-refractivity contribution is 5.81. The van der Waals surface area contributed by atoms with Gasteiger partial charge in [-0.3, -0.25) is 0 Å². The maximum atomic E-state index is 5.72. The third-order valence-corrected chi connectivity index (χ3v) is 5.10. The average Bonchev–Trinajstić information content (AvgIpc) is 2.93. The van der Waals surface area contributed by atoms with Crippen LogP contribution in [0.4, 0.5) is 0 Å². The molecule has 0 radical (unpaired) electrons. The van der Waals surface area contributed by atoms with Crippen molar-refractivity contribution < 1.29 is 4.42 Å². The Kier molecular flexibility index (Phi) is 4.11. The zero-order valence-corrected chi connectivity index (χ0v) is 12.6. The van der Waals surface area contributed by atoms with E-state index in [1.807, 2.05) is 12.3 Å². The van der Waals surface area contributed by atoms with Crippen molar-refractivity contribution in [2.75, 3.05) is 7.05 Å². The van der Waals surface area contributed by atoms with Gasteiger partial charge in [-0.2, -0.15) is 0 Å². The van der Waals surface area contributed by atoms with Gasteiger partial charge in [-0.1, -0.05) is 44.4 Å². The van der Waals surface area contributed by atoms with Crippen LogP contribution in [0, 0.1) is 11.8 Å². The number of nitrogens with one attached hydrogen (secondary N) is 1. The van der Waals surface area contributed by atoms with E-state index in [0.717, 1.165) is 17.4 Å². The van der Waals surface area contributed by atoms with E-state index in [1.165, 1.54) is 43.1 Å². The molecule has 0 bridgehead atoms. The summed E-state index contributed by atoms with van der Waals surface area (Å²) in [6.45, 7) is 2.32. The molecule has 1 heterocycles. The maximum Gasteiger partial charge on any atom is 0.134 e. The number of hydrogen-bond donors (Lipinski definition) is 1. The molecular formula is C18H25NO. The minimum atomic E-state index is 0.427. The van der Waals surface area contributed by atoms with Crippen LogP contribution in [0.15, 0.2) is 34.9 Å². The highest BCUT2D eigenvalue weighted by Crippen LogP contribution is 2.40. The summed E-state index contributed by atoms with van der Waals surface area (Å²) in [4.78, 5) is 0. The van der Waals surface area contributed by atoms with Crippen molar-refractivity contribution in [3.8, 4) is 0 Å². The minimum Gasteiger partial charge on any atom is -0.464 e. The van der Waals surface area contributed by atoms with Crippen LogP contribution in [-0.2, 0) is 0 Å². The fourth-order valence-corrected chi connectivity index (χ4v) is 3.81. The predicted molar refractivity (Wildman–Crippen MR) is 83.8 cm³/mol. The van der Waals surface area contributed by atoms with Gasteiger partial charge in [0.2, 0.25) is 0 Å². The van der Waals surface area contributed by atoms with E-state index >= 15 is 0 Å². The van der Waals surface area contributed by atoms with Crippen LogP contribution in [0.2, 0.25) is 0 Å². The Morgan fingerprint density at radius 1 is 1.20 bits per heavy atom. The standard InChI is InChI=1S/C18H25NO/c1-3-13-8-10-14(11-9-13)18(19-2)16-12-20-17-7-5-4-6-15(16)17/h4-7,12-14,18-19H,3,8-11H2,1-2H3. The Morgan fingerprint density at radius 2 is 1.95 bits per heavy atom. The molecule has 3 rings (SSSR count). The molecule has 1 atom stereocenters. The van der Waals surface area contributed by atoms with Gasteiger partial charge in [-0.15, -0.1) is 0 Å². The SMILES string of the molecule is CCC1CCC(C(NC)c2coc3ccccc23)CC1. The van der Waals surface area contributed by atoms with E-state index in [2.05, 4.69) is 37.5 Å². The molecule has 108 valence electrons. The van der Waals surface area contributed by atoms with Crippen LogP contribution >= 0.6 is 0 Å². The van der Waals surface area contributed by atoms with Crippen molar-refractivity contribution in [1.29, 1.82) is 0 Å². The van der Waals surface area contributed by atoms with Crippen molar-refractivity contribution in [1.82, 2.24) is 5.32 Å². The van der Waals surface area contributed by atoms with Gasteiger partial charge in [0.25, 0.3) is 0 Å². The first-order valence-corrected chi connectivity index (χ1v) is 7.96. The van der Waals surface area contributed by atoms with Crippen LogP contribution in [0.1, 0.15) is 50.6 Å². The first-order chi connectivity index (χ1) is 9.83. The molecule has 2 heteroatoms. The molecule has 0 amide bonds. The zero-order valence-electron chi connectivity index (χ0n) is 12.6. The first-order valence-electron chi connectivity index (χ1n) is 7.96. The fourth-order valence-electron chi connectivity index (χ4n) is 3.81. The fraction of sp³-hybridized carbons (Fsp3) is 0.556. The second-order valence-electron chi connectivity index (χ2n) is 6.14. The van der Waals surface area contributed by atoms with Crippen molar-refractivity contribution in [2.24, 2.45) is 11.8 Å². The van der Waals surface area contributed by atoms with Crippen LogP contribution in [0.25, 0.3) is 11.0 Å². The quantitative estimate of drug-likeness (QED) is 0.854. The van der Waals surface area contributed by atoms with Gasteiger partial charge < -0.3 is 9.73 Å². The van der Waals surface area contributed by atoms with Gasteiger partial charge in [-0.05, 0) is 37.8 Å². The minimum absolute atomic E-state index is 0.427. The Morgan fingerprint density at radius 3 is 2.65 bits per heavy atom. The van der Waals surface area contributed by atoms with E-state index < -0.39 is 0 Å². The molecule has 0 saturated heterocycles. The molecule has 1 unspecified atom stereocenters. The van der Waals surface area contributed by atoms with Crippen molar-refractivity contribution >= 4 is 11.0 Å². The molecule has 0 aliphatic heterocycles. The third kappa shape index (κ3) is 2.49. The summed E-state index contributed by atoms with van der Waals surface area (Å²) < 4.78 is 5.72. The number of hydrogen-bond acceptors (Lipinski definition) is 2. The molecule has 1 fully saturated rings. The zero-order chi connectivity index (χ0) is 13.9. The number of fused-ring (bicyclic) bond motifs is 1. The molecule has 2 nitrogen and oxygen atoms in total. The van der Waals surface area contributed by atoms with E-state index in [0.29, 0.717) is 6.04 Å². The van der Waals surface area contributed by atoms with Gasteiger partial charge >= 0.3 is 0 Å². The lowest BCUT2D eigenvalue weighted by molar-refractivity contribution is 0.224. The molecule has 1 aromatic heterocycles. The molecular weight excluding hydrogens is 246 g/mol. The van der Waals surface area contributed by atoms with E-state index in [4.69, 9.17) is 4.42 Å². The molecule has 1 saturated carbocycles. The van der Waals surface area contributed by atoms with Gasteiger partial charge in [0.05, 0.1) is 6.26 Å². The lowest BCUT2D eigenvalue weighted by Crippen LogP contribution is -2.28. The largest absolute Gasteiger partial charge is 0.464 e. The van der Waals surface area contributed by atoms with Crippen LogP contribution in [0.3, 0.4) is 0 Å². The number of para-hydroxylation sites is 1. The van der Waals surface area contributed by atoms with Crippen molar-refractivity contribution in [3.05, 3.63) is 36.1 Å². The molecule has 1 aliphatic rings. The molecule has 1 aliphatic carbocycles. The lowest BCUT2D eigenvalue weighted by atomic mass is 9.76. The first kappa shape index (κ1) is 13.7. The summed E-state index contributed by atoms with van der Waals surface area (Å²) in [5.41, 5.74) is 2.34. The van der Waals surface area contributed by atoms with E-state index in [-0.39, 0.29) is 0 Å².